The third-order valence-corrected chi connectivity index (χ3v) is 3.85. The number of nitrogens with one attached hydrogen (secondary N) is 1. The van der Waals surface area contributed by atoms with E-state index in [1.54, 1.807) is 6.92 Å². The molecule has 144 valence electrons. The van der Waals surface area contributed by atoms with E-state index in [1.807, 2.05) is 6.92 Å². The monoisotopic (exact) mass is 375 g/mol. The van der Waals surface area contributed by atoms with Crippen LogP contribution >= 0.6 is 0 Å². The quantitative estimate of drug-likeness (QED) is 0.417. The van der Waals surface area contributed by atoms with Gasteiger partial charge >= 0.3 is 23.8 Å². The number of benzene rings is 1. The summed E-state index contributed by atoms with van der Waals surface area (Å²) in [6.07, 6.45) is 1.34. The summed E-state index contributed by atoms with van der Waals surface area (Å²) in [6.45, 7) is 3.43. The van der Waals surface area contributed by atoms with Crippen LogP contribution in [0.15, 0.2) is 24.3 Å². The van der Waals surface area contributed by atoms with Crippen LogP contribution in [-0.4, -0.2) is 59.2 Å². The molecule has 0 bridgehead atoms. The molecular formula is C18H21N3O6. The molecule has 1 saturated heterocycles. The standard InChI is InChI=1S/C18H21N3O6/c1-3-5-10-20-15(23)16(24)21(18(20)26)11-14(22)19-13-8-6-12(7-9-13)17(25)27-4-2/h6-9H,3-5,10-11H2,1-2H3,(H,19,22). The maximum Gasteiger partial charge on any atom is 0.338 e. The van der Waals surface area contributed by atoms with Crippen LogP contribution in [-0.2, 0) is 19.1 Å². The molecule has 0 aromatic heterocycles. The summed E-state index contributed by atoms with van der Waals surface area (Å²) in [5, 5.41) is 2.51. The first kappa shape index (κ1) is 20.1. The van der Waals surface area contributed by atoms with Crippen LogP contribution in [0.5, 0.6) is 0 Å². The molecule has 27 heavy (non-hydrogen) atoms. The fourth-order valence-corrected chi connectivity index (χ4v) is 2.45. The Hall–Kier alpha value is -3.23. The zero-order valence-corrected chi connectivity index (χ0v) is 15.2. The minimum atomic E-state index is -1.01. The van der Waals surface area contributed by atoms with Crippen molar-refractivity contribution in [1.82, 2.24) is 9.80 Å². The number of esters is 1. The average molecular weight is 375 g/mol. The summed E-state index contributed by atoms with van der Waals surface area (Å²) in [5.41, 5.74) is 0.707. The molecule has 9 nitrogen and oxygen atoms in total. The summed E-state index contributed by atoms with van der Waals surface area (Å²) in [6, 6.07) is 5.17. The van der Waals surface area contributed by atoms with E-state index in [-0.39, 0.29) is 13.2 Å². The van der Waals surface area contributed by atoms with Crippen LogP contribution in [0.25, 0.3) is 0 Å². The Morgan fingerprint density at radius 3 is 2.22 bits per heavy atom. The Bertz CT molecular complexity index is 759. The molecule has 1 fully saturated rings. The summed E-state index contributed by atoms with van der Waals surface area (Å²) < 4.78 is 4.86. The summed E-state index contributed by atoms with van der Waals surface area (Å²) in [5.74, 6) is -3.04. The van der Waals surface area contributed by atoms with E-state index in [4.69, 9.17) is 4.74 Å². The first-order valence-electron chi connectivity index (χ1n) is 8.63. The molecule has 5 amide bonds. The Balaban J connectivity index is 1.97. The second-order valence-electron chi connectivity index (χ2n) is 5.83. The van der Waals surface area contributed by atoms with E-state index in [9.17, 15) is 24.0 Å². The van der Waals surface area contributed by atoms with E-state index < -0.39 is 36.3 Å². The molecule has 1 aliphatic rings. The largest absolute Gasteiger partial charge is 0.462 e. The Morgan fingerprint density at radius 1 is 1.00 bits per heavy atom. The summed E-state index contributed by atoms with van der Waals surface area (Å²) in [4.78, 5) is 61.2. The molecular weight excluding hydrogens is 354 g/mol. The van der Waals surface area contributed by atoms with Gasteiger partial charge in [0.05, 0.1) is 12.2 Å². The van der Waals surface area contributed by atoms with Crippen molar-refractivity contribution >= 4 is 35.4 Å². The van der Waals surface area contributed by atoms with Gasteiger partial charge < -0.3 is 10.1 Å². The molecule has 1 aliphatic heterocycles. The molecule has 0 spiro atoms. The number of carbonyl (C=O) groups excluding carboxylic acids is 5. The van der Waals surface area contributed by atoms with Gasteiger partial charge in [0, 0.05) is 12.2 Å². The average Bonchev–Trinajstić information content (AvgIpc) is 2.84. The molecule has 0 saturated carbocycles. The third kappa shape index (κ3) is 4.69. The molecule has 0 aliphatic carbocycles. The normalized spacial score (nSPS) is 13.9. The zero-order valence-electron chi connectivity index (χ0n) is 15.2. The number of carbonyl (C=O) groups is 5. The van der Waals surface area contributed by atoms with Gasteiger partial charge in [-0.3, -0.25) is 19.3 Å². The van der Waals surface area contributed by atoms with Gasteiger partial charge in [0.1, 0.15) is 6.54 Å². The van der Waals surface area contributed by atoms with Gasteiger partial charge in [-0.2, -0.15) is 0 Å². The highest BCUT2D eigenvalue weighted by Gasteiger charge is 2.44. The van der Waals surface area contributed by atoms with Gasteiger partial charge in [-0.25, -0.2) is 14.5 Å². The van der Waals surface area contributed by atoms with Gasteiger partial charge in [0.25, 0.3) is 0 Å². The smallest absolute Gasteiger partial charge is 0.338 e. The molecule has 0 radical (unpaired) electrons. The Kier molecular flexibility index (Phi) is 6.64. The summed E-state index contributed by atoms with van der Waals surface area (Å²) in [7, 11) is 0. The number of rotatable bonds is 8. The molecule has 1 aromatic rings. The van der Waals surface area contributed by atoms with Crippen LogP contribution in [0.4, 0.5) is 10.5 Å². The minimum absolute atomic E-state index is 0.146. The van der Waals surface area contributed by atoms with Crippen LogP contribution in [0.3, 0.4) is 0 Å². The van der Waals surface area contributed by atoms with Crippen molar-refractivity contribution in [3.63, 3.8) is 0 Å². The van der Waals surface area contributed by atoms with Crippen molar-refractivity contribution in [2.24, 2.45) is 0 Å². The zero-order chi connectivity index (χ0) is 20.0. The Morgan fingerprint density at radius 2 is 1.63 bits per heavy atom. The number of ether oxygens (including phenoxy) is 1. The number of anilines is 1. The lowest BCUT2D eigenvalue weighted by Crippen LogP contribution is -2.39. The fourth-order valence-electron chi connectivity index (χ4n) is 2.45. The lowest BCUT2D eigenvalue weighted by atomic mass is 10.2. The third-order valence-electron chi connectivity index (χ3n) is 3.85. The number of hydrogen-bond donors (Lipinski definition) is 1. The Labute approximate surface area is 156 Å². The van der Waals surface area contributed by atoms with Crippen molar-refractivity contribution in [2.45, 2.75) is 26.7 Å². The van der Waals surface area contributed by atoms with Crippen LogP contribution < -0.4 is 5.32 Å². The number of nitrogens with zero attached hydrogens (tertiary/aromatic N) is 2. The number of urea groups is 1. The molecule has 0 atom stereocenters. The molecule has 1 heterocycles. The van der Waals surface area contributed by atoms with Gasteiger partial charge in [0.2, 0.25) is 5.91 Å². The van der Waals surface area contributed by atoms with Crippen LogP contribution in [0, 0.1) is 0 Å². The highest BCUT2D eigenvalue weighted by Crippen LogP contribution is 2.14. The summed E-state index contributed by atoms with van der Waals surface area (Å²) >= 11 is 0. The molecule has 1 aromatic carbocycles. The van der Waals surface area contributed by atoms with E-state index in [0.717, 1.165) is 11.3 Å². The number of unbranched alkanes of at least 4 members (excludes halogenated alkanes) is 1. The van der Waals surface area contributed by atoms with E-state index in [0.29, 0.717) is 22.6 Å². The molecule has 0 unspecified atom stereocenters. The van der Waals surface area contributed by atoms with Crippen molar-refractivity contribution < 1.29 is 28.7 Å². The number of hydrogen-bond acceptors (Lipinski definition) is 6. The second kappa shape index (κ2) is 8.93. The SMILES string of the molecule is CCCCN1C(=O)C(=O)N(CC(=O)Nc2ccc(C(=O)OCC)cc2)C1=O. The molecule has 2 rings (SSSR count). The highest BCUT2D eigenvalue weighted by molar-refractivity contribution is 6.45. The van der Waals surface area contributed by atoms with E-state index in [2.05, 4.69) is 5.32 Å². The van der Waals surface area contributed by atoms with Crippen LogP contribution in [0.2, 0.25) is 0 Å². The van der Waals surface area contributed by atoms with Gasteiger partial charge in [0.15, 0.2) is 0 Å². The lowest BCUT2D eigenvalue weighted by molar-refractivity contribution is -0.143. The molecule has 1 N–H and O–H groups in total. The predicted molar refractivity (Wildman–Crippen MR) is 94.8 cm³/mol. The molecule has 9 heteroatoms. The van der Waals surface area contributed by atoms with E-state index >= 15 is 0 Å². The van der Waals surface area contributed by atoms with Gasteiger partial charge in [-0.1, -0.05) is 13.3 Å². The highest BCUT2D eigenvalue weighted by atomic mass is 16.5. The second-order valence-corrected chi connectivity index (χ2v) is 5.83. The first-order chi connectivity index (χ1) is 12.9. The van der Waals surface area contributed by atoms with Gasteiger partial charge in [-0.05, 0) is 37.6 Å². The number of imide groups is 2. The minimum Gasteiger partial charge on any atom is -0.462 e. The van der Waals surface area contributed by atoms with E-state index in [1.165, 1.54) is 24.3 Å². The van der Waals surface area contributed by atoms with Crippen molar-refractivity contribution in [2.75, 3.05) is 25.0 Å². The topological polar surface area (TPSA) is 113 Å². The van der Waals surface area contributed by atoms with Crippen molar-refractivity contribution in [3.05, 3.63) is 29.8 Å². The maximum atomic E-state index is 12.2. The van der Waals surface area contributed by atoms with Crippen molar-refractivity contribution in [1.29, 1.82) is 0 Å². The first-order valence-corrected chi connectivity index (χ1v) is 8.63. The lowest BCUT2D eigenvalue weighted by Gasteiger charge is -2.15. The fraction of sp³-hybridized carbons (Fsp3) is 0.389. The van der Waals surface area contributed by atoms with Gasteiger partial charge in [-0.15, -0.1) is 0 Å². The maximum absolute atomic E-state index is 12.2. The van der Waals surface area contributed by atoms with Crippen LogP contribution in [0.1, 0.15) is 37.0 Å². The van der Waals surface area contributed by atoms with Crippen molar-refractivity contribution in [3.8, 4) is 0 Å². The number of amides is 5. The predicted octanol–water partition coefficient (Wildman–Crippen LogP) is 1.39.